The maximum atomic E-state index is 9.46. The molecule has 1 aromatic rings. The lowest BCUT2D eigenvalue weighted by atomic mass is 10.1. The van der Waals surface area contributed by atoms with Crippen LogP contribution in [0.3, 0.4) is 0 Å². The van der Waals surface area contributed by atoms with Crippen molar-refractivity contribution in [1.82, 2.24) is 10.2 Å². The molecule has 13 heavy (non-hydrogen) atoms. The van der Waals surface area contributed by atoms with Crippen LogP contribution in [0.4, 0.5) is 5.69 Å². The Morgan fingerprint density at radius 1 is 1.46 bits per heavy atom. The van der Waals surface area contributed by atoms with Crippen LogP contribution >= 0.6 is 0 Å². The summed E-state index contributed by atoms with van der Waals surface area (Å²) in [4.78, 5) is 2.14. The SMILES string of the molecule is O[C@@H]1CCCN(c2ccnnc2)C1. The van der Waals surface area contributed by atoms with Gasteiger partial charge in [-0.3, -0.25) is 0 Å². The van der Waals surface area contributed by atoms with E-state index < -0.39 is 0 Å². The highest BCUT2D eigenvalue weighted by atomic mass is 16.3. The minimum absolute atomic E-state index is 0.193. The van der Waals surface area contributed by atoms with Gasteiger partial charge in [-0.05, 0) is 18.9 Å². The molecule has 0 amide bonds. The Morgan fingerprint density at radius 2 is 2.38 bits per heavy atom. The molecule has 1 aliphatic heterocycles. The first kappa shape index (κ1) is 8.44. The molecule has 0 unspecified atom stereocenters. The molecule has 0 aliphatic carbocycles. The van der Waals surface area contributed by atoms with E-state index in [9.17, 15) is 5.11 Å². The fourth-order valence-electron chi connectivity index (χ4n) is 1.66. The average molecular weight is 179 g/mol. The van der Waals surface area contributed by atoms with E-state index in [1.807, 2.05) is 6.07 Å². The predicted octanol–water partition coefficient (Wildman–Crippen LogP) is 0.438. The van der Waals surface area contributed by atoms with Gasteiger partial charge in [-0.2, -0.15) is 10.2 Å². The summed E-state index contributed by atoms with van der Waals surface area (Å²) in [5, 5.41) is 17.0. The van der Waals surface area contributed by atoms with Crippen molar-refractivity contribution in [3.63, 3.8) is 0 Å². The number of nitrogens with zero attached hydrogens (tertiary/aromatic N) is 3. The molecule has 4 nitrogen and oxygen atoms in total. The summed E-state index contributed by atoms with van der Waals surface area (Å²) in [7, 11) is 0. The van der Waals surface area contributed by atoms with Gasteiger partial charge in [-0.15, -0.1) is 0 Å². The van der Waals surface area contributed by atoms with Crippen LogP contribution in [0, 0.1) is 0 Å². The third kappa shape index (κ3) is 1.95. The van der Waals surface area contributed by atoms with E-state index in [2.05, 4.69) is 15.1 Å². The molecule has 1 saturated heterocycles. The first-order valence-corrected chi connectivity index (χ1v) is 4.56. The molecule has 0 spiro atoms. The summed E-state index contributed by atoms with van der Waals surface area (Å²) in [6.07, 6.45) is 5.18. The second kappa shape index (κ2) is 3.70. The minimum Gasteiger partial charge on any atom is -0.391 e. The Balaban J connectivity index is 2.08. The van der Waals surface area contributed by atoms with E-state index >= 15 is 0 Å². The maximum absolute atomic E-state index is 9.46. The third-order valence-electron chi connectivity index (χ3n) is 2.33. The fraction of sp³-hybridized carbons (Fsp3) is 0.556. The Morgan fingerprint density at radius 3 is 3.08 bits per heavy atom. The molecule has 0 bridgehead atoms. The number of aliphatic hydroxyl groups excluding tert-OH is 1. The second-order valence-corrected chi connectivity index (χ2v) is 3.34. The van der Waals surface area contributed by atoms with Crippen LogP contribution in [-0.4, -0.2) is 34.5 Å². The first-order valence-electron chi connectivity index (χ1n) is 4.56. The Hall–Kier alpha value is -1.16. The molecule has 2 rings (SSSR count). The largest absolute Gasteiger partial charge is 0.391 e. The van der Waals surface area contributed by atoms with Crippen molar-refractivity contribution >= 4 is 5.69 Å². The van der Waals surface area contributed by atoms with Gasteiger partial charge in [0.1, 0.15) is 0 Å². The van der Waals surface area contributed by atoms with E-state index in [0.29, 0.717) is 6.54 Å². The monoisotopic (exact) mass is 179 g/mol. The predicted molar refractivity (Wildman–Crippen MR) is 49.5 cm³/mol. The highest BCUT2D eigenvalue weighted by Gasteiger charge is 2.17. The molecule has 1 N–H and O–H groups in total. The smallest absolute Gasteiger partial charge is 0.0729 e. The van der Waals surface area contributed by atoms with Crippen LogP contribution in [0.15, 0.2) is 18.5 Å². The van der Waals surface area contributed by atoms with Gasteiger partial charge < -0.3 is 10.0 Å². The standard InChI is InChI=1S/C9H13N3O/c13-9-2-1-5-12(7-9)8-3-4-10-11-6-8/h3-4,6,9,13H,1-2,5,7H2/t9-/m1/s1. The second-order valence-electron chi connectivity index (χ2n) is 3.34. The summed E-state index contributed by atoms with van der Waals surface area (Å²) in [5.74, 6) is 0. The van der Waals surface area contributed by atoms with Gasteiger partial charge in [0.15, 0.2) is 0 Å². The lowest BCUT2D eigenvalue weighted by Gasteiger charge is -2.31. The van der Waals surface area contributed by atoms with Gasteiger partial charge in [0, 0.05) is 13.1 Å². The zero-order chi connectivity index (χ0) is 9.10. The van der Waals surface area contributed by atoms with E-state index in [0.717, 1.165) is 25.1 Å². The number of piperidine rings is 1. The molecule has 1 atom stereocenters. The summed E-state index contributed by atoms with van der Waals surface area (Å²) in [6.45, 7) is 1.72. The summed E-state index contributed by atoms with van der Waals surface area (Å²) in [5.41, 5.74) is 1.05. The van der Waals surface area contributed by atoms with Gasteiger partial charge in [-0.25, -0.2) is 0 Å². The topological polar surface area (TPSA) is 49.2 Å². The number of aliphatic hydroxyl groups is 1. The minimum atomic E-state index is -0.193. The van der Waals surface area contributed by atoms with Crippen LogP contribution in [0.2, 0.25) is 0 Å². The number of hydrogen-bond donors (Lipinski definition) is 1. The molecule has 1 aromatic heterocycles. The van der Waals surface area contributed by atoms with Crippen molar-refractivity contribution in [1.29, 1.82) is 0 Å². The lowest BCUT2D eigenvalue weighted by molar-refractivity contribution is 0.154. The Bertz CT molecular complexity index is 265. The molecular weight excluding hydrogens is 166 g/mol. The first-order chi connectivity index (χ1) is 6.36. The molecular formula is C9H13N3O. The van der Waals surface area contributed by atoms with E-state index in [1.54, 1.807) is 12.4 Å². The molecule has 0 radical (unpaired) electrons. The van der Waals surface area contributed by atoms with E-state index in [1.165, 1.54) is 0 Å². The van der Waals surface area contributed by atoms with Crippen molar-refractivity contribution in [2.24, 2.45) is 0 Å². The van der Waals surface area contributed by atoms with E-state index in [-0.39, 0.29) is 6.10 Å². The normalized spacial score (nSPS) is 23.2. The highest BCUT2D eigenvalue weighted by Crippen LogP contribution is 2.17. The zero-order valence-electron chi connectivity index (χ0n) is 7.43. The molecule has 1 aliphatic rings. The van der Waals surface area contributed by atoms with Gasteiger partial charge in [-0.1, -0.05) is 0 Å². The van der Waals surface area contributed by atoms with Crippen molar-refractivity contribution in [3.05, 3.63) is 18.5 Å². The number of β-amino-alcohol motifs (C(OH)–C–C–N with tert-alkyl or cyclic N) is 1. The maximum Gasteiger partial charge on any atom is 0.0729 e. The van der Waals surface area contributed by atoms with Crippen molar-refractivity contribution < 1.29 is 5.11 Å². The Kier molecular flexibility index (Phi) is 2.40. The number of rotatable bonds is 1. The fourth-order valence-corrected chi connectivity index (χ4v) is 1.66. The highest BCUT2D eigenvalue weighted by molar-refractivity contribution is 5.43. The van der Waals surface area contributed by atoms with E-state index in [4.69, 9.17) is 0 Å². The van der Waals surface area contributed by atoms with Gasteiger partial charge >= 0.3 is 0 Å². The van der Waals surface area contributed by atoms with Gasteiger partial charge in [0.05, 0.1) is 24.2 Å². The van der Waals surface area contributed by atoms with Gasteiger partial charge in [0.2, 0.25) is 0 Å². The summed E-state index contributed by atoms with van der Waals surface area (Å²) in [6, 6.07) is 1.92. The molecule has 0 aromatic carbocycles. The van der Waals surface area contributed by atoms with Crippen LogP contribution in [0.5, 0.6) is 0 Å². The van der Waals surface area contributed by atoms with Crippen LogP contribution in [0.25, 0.3) is 0 Å². The average Bonchev–Trinajstić information content (AvgIpc) is 2.19. The molecule has 2 heterocycles. The molecule has 1 fully saturated rings. The quantitative estimate of drug-likeness (QED) is 0.679. The molecule has 70 valence electrons. The van der Waals surface area contributed by atoms with Gasteiger partial charge in [0.25, 0.3) is 0 Å². The molecule has 4 heteroatoms. The molecule has 0 saturated carbocycles. The number of anilines is 1. The number of aromatic nitrogens is 2. The number of hydrogen-bond acceptors (Lipinski definition) is 4. The third-order valence-corrected chi connectivity index (χ3v) is 2.33. The summed E-state index contributed by atoms with van der Waals surface area (Å²) >= 11 is 0. The zero-order valence-corrected chi connectivity index (χ0v) is 7.43. The lowest BCUT2D eigenvalue weighted by Crippen LogP contribution is -2.38. The summed E-state index contributed by atoms with van der Waals surface area (Å²) < 4.78 is 0. The Labute approximate surface area is 77.2 Å². The van der Waals surface area contributed by atoms with Crippen LogP contribution in [-0.2, 0) is 0 Å². The van der Waals surface area contributed by atoms with Crippen LogP contribution in [0.1, 0.15) is 12.8 Å². The van der Waals surface area contributed by atoms with Crippen molar-refractivity contribution in [2.45, 2.75) is 18.9 Å². The van der Waals surface area contributed by atoms with Crippen molar-refractivity contribution in [3.8, 4) is 0 Å². The van der Waals surface area contributed by atoms with Crippen LogP contribution < -0.4 is 4.90 Å². The van der Waals surface area contributed by atoms with Crippen molar-refractivity contribution in [2.75, 3.05) is 18.0 Å².